The number of aliphatic imine (C=N–C) groups is 1. The summed E-state index contributed by atoms with van der Waals surface area (Å²) in [6.07, 6.45) is 7.72. The molecule has 5 N–H and O–H groups in total. The van der Waals surface area contributed by atoms with Crippen molar-refractivity contribution in [2.45, 2.75) is 51.4 Å². The molecule has 0 aromatic rings. The molecule has 0 aliphatic rings. The summed E-state index contributed by atoms with van der Waals surface area (Å²) >= 11 is 0. The summed E-state index contributed by atoms with van der Waals surface area (Å²) < 4.78 is 0. The Labute approximate surface area is 96.9 Å². The lowest BCUT2D eigenvalue weighted by Crippen LogP contribution is -2.22. The monoisotopic (exact) mass is 229 g/mol. The van der Waals surface area contributed by atoms with E-state index in [1.807, 2.05) is 0 Å². The van der Waals surface area contributed by atoms with Gasteiger partial charge in [0.15, 0.2) is 5.96 Å². The number of hydrogen-bond donors (Lipinski definition) is 3. The summed E-state index contributed by atoms with van der Waals surface area (Å²) in [5.74, 6) is -0.536. The van der Waals surface area contributed by atoms with Gasteiger partial charge in [0.25, 0.3) is 0 Å². The van der Waals surface area contributed by atoms with Crippen LogP contribution in [0.25, 0.3) is 0 Å². The highest BCUT2D eigenvalue weighted by molar-refractivity contribution is 5.75. The van der Waals surface area contributed by atoms with Crippen molar-refractivity contribution in [3.63, 3.8) is 0 Å². The molecule has 0 fully saturated rings. The largest absolute Gasteiger partial charge is 0.481 e. The molecule has 0 radical (unpaired) electrons. The van der Waals surface area contributed by atoms with E-state index in [0.29, 0.717) is 13.0 Å². The molecule has 0 aromatic heterocycles. The van der Waals surface area contributed by atoms with Gasteiger partial charge in [-0.25, -0.2) is 0 Å². The third kappa shape index (κ3) is 12.7. The summed E-state index contributed by atoms with van der Waals surface area (Å²) in [6.45, 7) is 0.710. The summed E-state index contributed by atoms with van der Waals surface area (Å²) in [4.78, 5) is 14.1. The van der Waals surface area contributed by atoms with Crippen molar-refractivity contribution in [2.75, 3.05) is 6.54 Å². The summed E-state index contributed by atoms with van der Waals surface area (Å²) in [6, 6.07) is 0. The maximum Gasteiger partial charge on any atom is 0.303 e. The number of unbranched alkanes of at least 4 members (excludes halogenated alkanes) is 6. The lowest BCUT2D eigenvalue weighted by atomic mass is 10.1. The Morgan fingerprint density at radius 2 is 1.44 bits per heavy atom. The number of guanidine groups is 1. The van der Waals surface area contributed by atoms with E-state index in [9.17, 15) is 4.79 Å². The zero-order valence-electron chi connectivity index (χ0n) is 9.82. The molecule has 0 unspecified atom stereocenters. The van der Waals surface area contributed by atoms with Crippen LogP contribution in [-0.4, -0.2) is 23.6 Å². The zero-order valence-corrected chi connectivity index (χ0v) is 9.82. The van der Waals surface area contributed by atoms with Crippen LogP contribution in [0.15, 0.2) is 4.99 Å². The van der Waals surface area contributed by atoms with Crippen LogP contribution in [0.1, 0.15) is 51.4 Å². The smallest absolute Gasteiger partial charge is 0.303 e. The van der Waals surface area contributed by atoms with Gasteiger partial charge >= 0.3 is 5.97 Å². The van der Waals surface area contributed by atoms with Gasteiger partial charge in [0.1, 0.15) is 0 Å². The molecule has 0 heterocycles. The average Bonchev–Trinajstić information content (AvgIpc) is 2.20. The number of aliphatic carboxylic acids is 1. The third-order valence-electron chi connectivity index (χ3n) is 2.34. The van der Waals surface area contributed by atoms with E-state index in [-0.39, 0.29) is 5.96 Å². The maximum absolute atomic E-state index is 10.2. The molecule has 0 atom stereocenters. The highest BCUT2D eigenvalue weighted by Crippen LogP contribution is 2.08. The first-order valence-corrected chi connectivity index (χ1v) is 5.90. The van der Waals surface area contributed by atoms with Crippen molar-refractivity contribution in [3.8, 4) is 0 Å². The lowest BCUT2D eigenvalue weighted by molar-refractivity contribution is -0.137. The van der Waals surface area contributed by atoms with Crippen molar-refractivity contribution in [2.24, 2.45) is 16.5 Å². The Hall–Kier alpha value is -1.26. The number of carboxylic acids is 1. The van der Waals surface area contributed by atoms with Crippen molar-refractivity contribution in [1.82, 2.24) is 0 Å². The Balaban J connectivity index is 3.04. The Kier molecular flexibility index (Phi) is 9.46. The second-order valence-corrected chi connectivity index (χ2v) is 3.93. The molecule has 0 saturated carbocycles. The molecule has 0 rings (SSSR count). The molecule has 0 amide bonds. The minimum atomic E-state index is -0.697. The highest BCUT2D eigenvalue weighted by atomic mass is 16.4. The van der Waals surface area contributed by atoms with Gasteiger partial charge in [-0.3, -0.25) is 9.79 Å². The standard InChI is InChI=1S/C11H23N3O2/c12-11(13)14-9-7-5-3-1-2-4-6-8-10(15)16/h1-9H2,(H,15,16)(H4,12,13,14). The van der Waals surface area contributed by atoms with Crippen LogP contribution in [-0.2, 0) is 4.79 Å². The van der Waals surface area contributed by atoms with E-state index in [1.165, 1.54) is 12.8 Å². The van der Waals surface area contributed by atoms with Gasteiger partial charge in [0.2, 0.25) is 0 Å². The first kappa shape index (κ1) is 14.7. The van der Waals surface area contributed by atoms with Gasteiger partial charge in [-0.2, -0.15) is 0 Å². The second kappa shape index (κ2) is 10.3. The van der Waals surface area contributed by atoms with Crippen molar-refractivity contribution >= 4 is 11.9 Å². The van der Waals surface area contributed by atoms with Crippen molar-refractivity contribution in [1.29, 1.82) is 0 Å². The Bertz CT molecular complexity index is 213. The second-order valence-electron chi connectivity index (χ2n) is 3.93. The minimum Gasteiger partial charge on any atom is -0.481 e. The molecule has 5 heteroatoms. The van der Waals surface area contributed by atoms with Crippen molar-refractivity contribution in [3.05, 3.63) is 0 Å². The zero-order chi connectivity index (χ0) is 12.2. The molecule has 0 aromatic carbocycles. The van der Waals surface area contributed by atoms with Crippen LogP contribution >= 0.6 is 0 Å². The fourth-order valence-corrected chi connectivity index (χ4v) is 1.48. The van der Waals surface area contributed by atoms with Crippen molar-refractivity contribution < 1.29 is 9.90 Å². The molecule has 5 nitrogen and oxygen atoms in total. The quantitative estimate of drug-likeness (QED) is 0.300. The summed E-state index contributed by atoms with van der Waals surface area (Å²) in [5, 5.41) is 8.43. The molecule has 16 heavy (non-hydrogen) atoms. The van der Waals surface area contributed by atoms with E-state index in [1.54, 1.807) is 0 Å². The number of carboxylic acid groups (broad SMARTS) is 1. The molecule has 0 aliphatic heterocycles. The number of carbonyl (C=O) groups is 1. The average molecular weight is 229 g/mol. The van der Waals surface area contributed by atoms with Gasteiger partial charge < -0.3 is 16.6 Å². The topological polar surface area (TPSA) is 102 Å². The highest BCUT2D eigenvalue weighted by Gasteiger charge is 1.96. The summed E-state index contributed by atoms with van der Waals surface area (Å²) in [5.41, 5.74) is 10.4. The van der Waals surface area contributed by atoms with Gasteiger partial charge in [0, 0.05) is 13.0 Å². The number of rotatable bonds is 10. The van der Waals surface area contributed by atoms with Crippen LogP contribution in [0.4, 0.5) is 0 Å². The molecule has 0 spiro atoms. The lowest BCUT2D eigenvalue weighted by Gasteiger charge is -2.00. The molecular formula is C11H23N3O2. The molecule has 0 saturated heterocycles. The summed E-state index contributed by atoms with van der Waals surface area (Å²) in [7, 11) is 0. The predicted molar refractivity (Wildman–Crippen MR) is 65.2 cm³/mol. The van der Waals surface area contributed by atoms with E-state index in [2.05, 4.69) is 4.99 Å². The first-order chi connectivity index (χ1) is 7.63. The van der Waals surface area contributed by atoms with Gasteiger partial charge in [0.05, 0.1) is 0 Å². The molecule has 94 valence electrons. The van der Waals surface area contributed by atoms with E-state index < -0.39 is 5.97 Å². The maximum atomic E-state index is 10.2. The SMILES string of the molecule is NC(N)=NCCCCCCCCCC(=O)O. The van der Waals surface area contributed by atoms with Gasteiger partial charge in [-0.15, -0.1) is 0 Å². The fourth-order valence-electron chi connectivity index (χ4n) is 1.48. The fraction of sp³-hybridized carbons (Fsp3) is 0.818. The van der Waals surface area contributed by atoms with Crippen LogP contribution in [0.5, 0.6) is 0 Å². The van der Waals surface area contributed by atoms with E-state index in [4.69, 9.17) is 16.6 Å². The number of nitrogens with two attached hydrogens (primary N) is 2. The van der Waals surface area contributed by atoms with Crippen LogP contribution in [0, 0.1) is 0 Å². The van der Waals surface area contributed by atoms with E-state index in [0.717, 1.165) is 32.1 Å². The third-order valence-corrected chi connectivity index (χ3v) is 2.34. The predicted octanol–water partition coefficient (Wildman–Crippen LogP) is 1.47. The Morgan fingerprint density at radius 3 is 1.94 bits per heavy atom. The van der Waals surface area contributed by atoms with Crippen LogP contribution in [0.2, 0.25) is 0 Å². The molecule has 0 bridgehead atoms. The first-order valence-electron chi connectivity index (χ1n) is 5.90. The molecular weight excluding hydrogens is 206 g/mol. The Morgan fingerprint density at radius 1 is 0.938 bits per heavy atom. The van der Waals surface area contributed by atoms with Gasteiger partial charge in [-0.05, 0) is 12.8 Å². The van der Waals surface area contributed by atoms with Gasteiger partial charge in [-0.1, -0.05) is 32.1 Å². The van der Waals surface area contributed by atoms with E-state index >= 15 is 0 Å². The number of hydrogen-bond acceptors (Lipinski definition) is 2. The van der Waals surface area contributed by atoms with Crippen LogP contribution < -0.4 is 11.5 Å². The minimum absolute atomic E-state index is 0.161. The molecule has 0 aliphatic carbocycles. The van der Waals surface area contributed by atoms with Crippen LogP contribution in [0.3, 0.4) is 0 Å². The number of nitrogens with zero attached hydrogens (tertiary/aromatic N) is 1. The normalized spacial score (nSPS) is 10.0.